The van der Waals surface area contributed by atoms with Crippen LogP contribution >= 0.6 is 0 Å². The molecule has 25 heavy (non-hydrogen) atoms. The highest BCUT2D eigenvalue weighted by Gasteiger charge is 2.57. The maximum Gasteiger partial charge on any atom is 0.267 e. The molecule has 4 atom stereocenters. The van der Waals surface area contributed by atoms with E-state index >= 15 is 0 Å². The molecule has 136 valence electrons. The monoisotopic (exact) mass is 369 g/mol. The zero-order valence-electron chi connectivity index (χ0n) is 14.2. The molecule has 2 heterocycles. The number of alkyl halides is 2. The van der Waals surface area contributed by atoms with Crippen LogP contribution in [0.5, 0.6) is 0 Å². The minimum atomic E-state index is -4.21. The summed E-state index contributed by atoms with van der Waals surface area (Å²) in [5.74, 6) is -2.56. The smallest absolute Gasteiger partial charge is 0.245 e. The van der Waals surface area contributed by atoms with Gasteiger partial charge in [0.2, 0.25) is 9.84 Å². The van der Waals surface area contributed by atoms with Crippen LogP contribution in [-0.2, 0) is 9.84 Å². The van der Waals surface area contributed by atoms with E-state index < -0.39 is 32.6 Å². The van der Waals surface area contributed by atoms with E-state index in [4.69, 9.17) is 0 Å². The molecule has 1 aliphatic heterocycles. The minimum Gasteiger partial charge on any atom is -0.245 e. The van der Waals surface area contributed by atoms with Crippen LogP contribution in [0.25, 0.3) is 0 Å². The number of aromatic nitrogens is 3. The normalized spacial score (nSPS) is 36.2. The predicted molar refractivity (Wildman–Crippen MR) is 88.2 cm³/mol. The first-order chi connectivity index (χ1) is 11.7. The van der Waals surface area contributed by atoms with E-state index in [1.165, 1.54) is 0 Å². The van der Waals surface area contributed by atoms with Crippen LogP contribution in [0.15, 0.2) is 29.5 Å². The van der Waals surface area contributed by atoms with Crippen LogP contribution in [0.4, 0.5) is 8.78 Å². The van der Waals surface area contributed by atoms with Gasteiger partial charge in [-0.2, -0.15) is 0 Å². The summed E-state index contributed by atoms with van der Waals surface area (Å²) >= 11 is 0. The van der Waals surface area contributed by atoms with Crippen LogP contribution < -0.4 is 0 Å². The van der Waals surface area contributed by atoms with Crippen molar-refractivity contribution in [3.8, 4) is 0 Å². The Hall–Kier alpha value is -1.57. The van der Waals surface area contributed by atoms with Gasteiger partial charge in [0, 0.05) is 17.8 Å². The van der Waals surface area contributed by atoms with Gasteiger partial charge in [0.25, 0.3) is 11.1 Å². The molecule has 0 radical (unpaired) electrons. The second-order valence-corrected chi connectivity index (χ2v) is 9.70. The van der Waals surface area contributed by atoms with Gasteiger partial charge in [-0.3, -0.25) is 0 Å². The summed E-state index contributed by atoms with van der Waals surface area (Å²) in [5, 5.41) is 2.08. The van der Waals surface area contributed by atoms with E-state index in [1.54, 1.807) is 4.68 Å². The van der Waals surface area contributed by atoms with E-state index in [2.05, 4.69) is 29.2 Å². The molecule has 4 rings (SSSR count). The second-order valence-electron chi connectivity index (χ2n) is 7.68. The Morgan fingerprint density at radius 1 is 1.32 bits per heavy atom. The van der Waals surface area contributed by atoms with Crippen LogP contribution in [-0.4, -0.2) is 34.4 Å². The summed E-state index contributed by atoms with van der Waals surface area (Å²) in [6, 6.07) is -0.0305. The van der Waals surface area contributed by atoms with Gasteiger partial charge in [0.15, 0.2) is 0 Å². The largest absolute Gasteiger partial charge is 0.267 e. The quantitative estimate of drug-likeness (QED) is 0.819. The van der Waals surface area contributed by atoms with Gasteiger partial charge in [0.05, 0.1) is 6.04 Å². The molecule has 1 aromatic rings. The van der Waals surface area contributed by atoms with Crippen molar-refractivity contribution in [1.82, 2.24) is 14.8 Å². The highest BCUT2D eigenvalue weighted by atomic mass is 32.2. The summed E-state index contributed by atoms with van der Waals surface area (Å²) in [7, 11) is -4.21. The van der Waals surface area contributed by atoms with Crippen molar-refractivity contribution >= 4 is 9.84 Å². The number of nitrogens with zero attached hydrogens (tertiary/aromatic N) is 3. The van der Waals surface area contributed by atoms with Gasteiger partial charge in [-0.1, -0.05) is 38.2 Å². The number of allylic oxidation sites excluding steroid dienone is 4. The Labute approximate surface area is 145 Å². The standard InChI is InChI=1S/C17H21F2N3O2S/c1-11-10-12(16(2)7-4-3-5-8-16)22-14(11)20-15(21-22)25(23,24)13-6-9-17(13,18)19/h3-5,7,11-13H,6,8-10H2,1-2H3/t11-,12-,13-,16?/m0/s1. The first kappa shape index (κ1) is 16.9. The lowest BCUT2D eigenvalue weighted by molar-refractivity contribution is -0.0665. The molecule has 0 aromatic carbocycles. The zero-order valence-corrected chi connectivity index (χ0v) is 15.0. The fourth-order valence-electron chi connectivity index (χ4n) is 4.07. The molecule has 5 nitrogen and oxygen atoms in total. The van der Waals surface area contributed by atoms with E-state index in [-0.39, 0.29) is 23.8 Å². The Kier molecular flexibility index (Phi) is 3.52. The second kappa shape index (κ2) is 5.22. The maximum absolute atomic E-state index is 13.6. The van der Waals surface area contributed by atoms with Crippen LogP contribution in [0.3, 0.4) is 0 Å². The Morgan fingerprint density at radius 2 is 2.08 bits per heavy atom. The average Bonchev–Trinajstić information content (AvgIpc) is 3.08. The molecular weight excluding hydrogens is 348 g/mol. The lowest BCUT2D eigenvalue weighted by Gasteiger charge is -2.35. The molecule has 0 N–H and O–H groups in total. The van der Waals surface area contributed by atoms with Gasteiger partial charge in [-0.15, -0.1) is 5.10 Å². The first-order valence-corrected chi connectivity index (χ1v) is 10.1. The summed E-state index contributed by atoms with van der Waals surface area (Å²) in [5.41, 5.74) is -0.191. The highest BCUT2D eigenvalue weighted by molar-refractivity contribution is 7.92. The molecular formula is C17H21F2N3O2S. The fourth-order valence-corrected chi connectivity index (χ4v) is 5.75. The van der Waals surface area contributed by atoms with Gasteiger partial charge in [-0.25, -0.2) is 26.9 Å². The van der Waals surface area contributed by atoms with E-state index in [0.29, 0.717) is 5.82 Å². The number of hydrogen-bond donors (Lipinski definition) is 0. The third-order valence-electron chi connectivity index (χ3n) is 5.83. The molecule has 3 aliphatic rings. The third kappa shape index (κ3) is 2.40. The van der Waals surface area contributed by atoms with Crippen molar-refractivity contribution in [2.45, 2.75) is 67.8 Å². The number of hydrogen-bond acceptors (Lipinski definition) is 4. The predicted octanol–water partition coefficient (Wildman–Crippen LogP) is 3.42. The molecule has 0 amide bonds. The third-order valence-corrected chi connectivity index (χ3v) is 7.85. The molecule has 0 spiro atoms. The Bertz CT molecular complexity index is 874. The molecule has 0 bridgehead atoms. The molecule has 0 saturated heterocycles. The molecule has 1 unspecified atom stereocenters. The minimum absolute atomic E-state index is 0.0305. The number of rotatable bonds is 3. The summed E-state index contributed by atoms with van der Waals surface area (Å²) in [4.78, 5) is 4.18. The Balaban J connectivity index is 1.72. The van der Waals surface area contributed by atoms with Crippen LogP contribution in [0.2, 0.25) is 0 Å². The van der Waals surface area contributed by atoms with Gasteiger partial charge >= 0.3 is 0 Å². The fraction of sp³-hybridized carbons (Fsp3) is 0.647. The van der Waals surface area contributed by atoms with Gasteiger partial charge in [0.1, 0.15) is 11.1 Å². The van der Waals surface area contributed by atoms with E-state index in [9.17, 15) is 17.2 Å². The molecule has 1 aromatic heterocycles. The Morgan fingerprint density at radius 3 is 2.64 bits per heavy atom. The molecule has 1 fully saturated rings. The lowest BCUT2D eigenvalue weighted by Crippen LogP contribution is -2.49. The SMILES string of the molecule is C[C@H]1C[C@@H](C2(C)C=CC=CC2)n2nc(S(=O)(=O)[C@H]3CCC3(F)F)nc21. The summed E-state index contributed by atoms with van der Waals surface area (Å²) in [6.07, 6.45) is 9.35. The van der Waals surface area contributed by atoms with Crippen LogP contribution in [0.1, 0.15) is 57.3 Å². The van der Waals surface area contributed by atoms with Crippen molar-refractivity contribution < 1.29 is 17.2 Å². The number of halogens is 2. The topological polar surface area (TPSA) is 64.8 Å². The lowest BCUT2D eigenvalue weighted by atomic mass is 9.75. The van der Waals surface area contributed by atoms with Crippen molar-refractivity contribution in [1.29, 1.82) is 0 Å². The number of fused-ring (bicyclic) bond motifs is 1. The van der Waals surface area contributed by atoms with E-state index in [1.807, 2.05) is 19.1 Å². The van der Waals surface area contributed by atoms with Crippen molar-refractivity contribution in [3.63, 3.8) is 0 Å². The summed E-state index contributed by atoms with van der Waals surface area (Å²) in [6.45, 7) is 4.08. The maximum atomic E-state index is 13.6. The van der Waals surface area contributed by atoms with Gasteiger partial charge < -0.3 is 0 Å². The van der Waals surface area contributed by atoms with Crippen molar-refractivity contribution in [2.24, 2.45) is 5.41 Å². The number of sulfone groups is 1. The zero-order chi connectivity index (χ0) is 18.0. The van der Waals surface area contributed by atoms with Crippen molar-refractivity contribution in [3.05, 3.63) is 30.1 Å². The van der Waals surface area contributed by atoms with Crippen LogP contribution in [0, 0.1) is 5.41 Å². The highest BCUT2D eigenvalue weighted by Crippen LogP contribution is 2.49. The van der Waals surface area contributed by atoms with Gasteiger partial charge in [-0.05, 0) is 19.3 Å². The summed E-state index contributed by atoms with van der Waals surface area (Å²) < 4.78 is 54.1. The molecule has 2 aliphatic carbocycles. The van der Waals surface area contributed by atoms with Crippen molar-refractivity contribution in [2.75, 3.05) is 0 Å². The molecule has 8 heteroatoms. The molecule has 1 saturated carbocycles. The van der Waals surface area contributed by atoms with E-state index in [0.717, 1.165) is 12.8 Å². The first-order valence-electron chi connectivity index (χ1n) is 8.58. The average molecular weight is 369 g/mol.